The minimum absolute atomic E-state index is 0.0403. The minimum atomic E-state index is -3.28. The van der Waals surface area contributed by atoms with Crippen molar-refractivity contribution < 1.29 is 17.9 Å². The molecular formula is C17H26N2O4S. The van der Waals surface area contributed by atoms with Gasteiger partial charge in [-0.2, -0.15) is 0 Å². The smallest absolute Gasteiger partial charge is 0.224 e. The summed E-state index contributed by atoms with van der Waals surface area (Å²) >= 11 is 0. The predicted octanol–water partition coefficient (Wildman–Crippen LogP) is 1.56. The largest absolute Gasteiger partial charge is 0.497 e. The molecule has 134 valence electrons. The number of hydrogen-bond acceptors (Lipinski definition) is 4. The van der Waals surface area contributed by atoms with Gasteiger partial charge in [0.2, 0.25) is 15.9 Å². The van der Waals surface area contributed by atoms with Crippen LogP contribution in [0.4, 0.5) is 0 Å². The van der Waals surface area contributed by atoms with Gasteiger partial charge in [-0.25, -0.2) is 12.7 Å². The Bertz CT molecular complexity index is 620. The molecule has 1 heterocycles. The molecule has 0 spiro atoms. The monoisotopic (exact) mass is 354 g/mol. The van der Waals surface area contributed by atoms with Crippen LogP contribution in [-0.4, -0.2) is 51.1 Å². The number of hydrogen-bond donors (Lipinski definition) is 1. The highest BCUT2D eigenvalue weighted by Gasteiger charge is 2.22. The first-order valence-corrected chi connectivity index (χ1v) is 9.99. The molecule has 0 bridgehead atoms. The van der Waals surface area contributed by atoms with Crippen molar-refractivity contribution in [3.63, 3.8) is 0 Å². The summed E-state index contributed by atoms with van der Waals surface area (Å²) in [5.74, 6) is 0.524. The molecule has 1 N–H and O–H groups in total. The van der Waals surface area contributed by atoms with Crippen LogP contribution < -0.4 is 10.1 Å². The molecule has 2 rings (SSSR count). The van der Waals surface area contributed by atoms with Gasteiger partial charge in [0.05, 0.1) is 19.3 Å². The lowest BCUT2D eigenvalue weighted by Gasteiger charge is -2.19. The predicted molar refractivity (Wildman–Crippen MR) is 93.5 cm³/mol. The molecule has 7 heteroatoms. The van der Waals surface area contributed by atoms with Crippen molar-refractivity contribution in [2.45, 2.75) is 32.1 Å². The normalized spacial score (nSPS) is 16.4. The van der Waals surface area contributed by atoms with E-state index in [4.69, 9.17) is 4.74 Å². The summed E-state index contributed by atoms with van der Waals surface area (Å²) in [6, 6.07) is 7.25. The fourth-order valence-corrected chi connectivity index (χ4v) is 4.19. The molecule has 1 aliphatic rings. The fraction of sp³-hybridized carbons (Fsp3) is 0.588. The van der Waals surface area contributed by atoms with Crippen molar-refractivity contribution in [1.29, 1.82) is 0 Å². The van der Waals surface area contributed by atoms with Gasteiger partial charge >= 0.3 is 0 Å². The second kappa shape index (κ2) is 9.03. The number of ether oxygens (including phenoxy) is 1. The summed E-state index contributed by atoms with van der Waals surface area (Å²) in [5.41, 5.74) is 0.865. The standard InChI is InChI=1S/C17H26N2O4S/c1-23-16-8-6-15(7-9-16)14-17(20)18-10-13-24(21,22)19-11-4-2-3-5-12-19/h6-9H,2-5,10-14H2,1H3,(H,18,20). The van der Waals surface area contributed by atoms with Crippen molar-refractivity contribution in [2.75, 3.05) is 32.5 Å². The topological polar surface area (TPSA) is 75.7 Å². The van der Waals surface area contributed by atoms with Gasteiger partial charge in [0, 0.05) is 19.6 Å². The van der Waals surface area contributed by atoms with E-state index in [0.29, 0.717) is 13.1 Å². The zero-order valence-corrected chi connectivity index (χ0v) is 15.0. The first-order valence-electron chi connectivity index (χ1n) is 8.39. The van der Waals surface area contributed by atoms with Crippen molar-refractivity contribution >= 4 is 15.9 Å². The van der Waals surface area contributed by atoms with E-state index in [2.05, 4.69) is 5.32 Å². The molecule has 1 aliphatic heterocycles. The van der Waals surface area contributed by atoms with Gasteiger partial charge in [-0.15, -0.1) is 0 Å². The Morgan fingerprint density at radius 3 is 2.33 bits per heavy atom. The zero-order valence-electron chi connectivity index (χ0n) is 14.2. The van der Waals surface area contributed by atoms with Crippen LogP contribution in [0.25, 0.3) is 0 Å². The van der Waals surface area contributed by atoms with E-state index in [1.165, 1.54) is 0 Å². The van der Waals surface area contributed by atoms with Crippen molar-refractivity contribution in [1.82, 2.24) is 9.62 Å². The van der Waals surface area contributed by atoms with Gasteiger partial charge in [-0.1, -0.05) is 25.0 Å². The van der Waals surface area contributed by atoms with Crippen LogP contribution in [0.2, 0.25) is 0 Å². The average molecular weight is 354 g/mol. The van der Waals surface area contributed by atoms with Crippen LogP contribution >= 0.6 is 0 Å². The highest BCUT2D eigenvalue weighted by Crippen LogP contribution is 2.14. The molecule has 0 aromatic heterocycles. The molecule has 0 aliphatic carbocycles. The van der Waals surface area contributed by atoms with Crippen LogP contribution in [-0.2, 0) is 21.2 Å². The first kappa shape index (κ1) is 18.7. The SMILES string of the molecule is COc1ccc(CC(=O)NCCS(=O)(=O)N2CCCCCC2)cc1. The molecule has 24 heavy (non-hydrogen) atoms. The summed E-state index contributed by atoms with van der Waals surface area (Å²) in [5, 5.41) is 2.69. The molecule has 6 nitrogen and oxygen atoms in total. The Morgan fingerprint density at radius 1 is 1.12 bits per heavy atom. The Morgan fingerprint density at radius 2 is 1.75 bits per heavy atom. The Hall–Kier alpha value is -1.60. The van der Waals surface area contributed by atoms with Crippen LogP contribution in [0.5, 0.6) is 5.75 Å². The molecule has 1 aromatic carbocycles. The lowest BCUT2D eigenvalue weighted by atomic mass is 10.1. The van der Waals surface area contributed by atoms with Crippen LogP contribution in [0, 0.1) is 0 Å². The van der Waals surface area contributed by atoms with E-state index in [0.717, 1.165) is 37.0 Å². The molecular weight excluding hydrogens is 328 g/mol. The van der Waals surface area contributed by atoms with Crippen LogP contribution in [0.15, 0.2) is 24.3 Å². The van der Waals surface area contributed by atoms with E-state index in [1.807, 2.05) is 12.1 Å². The number of nitrogens with one attached hydrogen (secondary N) is 1. The van der Waals surface area contributed by atoms with Gasteiger partial charge in [-0.3, -0.25) is 4.79 Å². The average Bonchev–Trinajstić information content (AvgIpc) is 2.85. The molecule has 0 unspecified atom stereocenters. The minimum Gasteiger partial charge on any atom is -0.497 e. The molecule has 1 amide bonds. The highest BCUT2D eigenvalue weighted by atomic mass is 32.2. The van der Waals surface area contributed by atoms with Gasteiger partial charge in [0.15, 0.2) is 0 Å². The summed E-state index contributed by atoms with van der Waals surface area (Å²) in [6.45, 7) is 1.35. The third-order valence-corrected chi connectivity index (χ3v) is 6.04. The fourth-order valence-electron chi connectivity index (χ4n) is 2.76. The summed E-state index contributed by atoms with van der Waals surface area (Å²) in [6.07, 6.45) is 4.25. The van der Waals surface area contributed by atoms with Gasteiger partial charge in [0.1, 0.15) is 5.75 Å². The maximum absolute atomic E-state index is 12.3. The van der Waals surface area contributed by atoms with E-state index in [1.54, 1.807) is 23.5 Å². The van der Waals surface area contributed by atoms with Gasteiger partial charge < -0.3 is 10.1 Å². The van der Waals surface area contributed by atoms with Crippen LogP contribution in [0.1, 0.15) is 31.2 Å². The molecule has 1 saturated heterocycles. The lowest BCUT2D eigenvalue weighted by Crippen LogP contribution is -2.38. The lowest BCUT2D eigenvalue weighted by molar-refractivity contribution is -0.120. The van der Waals surface area contributed by atoms with E-state index < -0.39 is 10.0 Å². The summed E-state index contributed by atoms with van der Waals surface area (Å²) < 4.78 is 31.3. The van der Waals surface area contributed by atoms with Gasteiger partial charge in [-0.05, 0) is 30.5 Å². The number of carbonyl (C=O) groups is 1. The second-order valence-electron chi connectivity index (χ2n) is 6.00. The summed E-state index contributed by atoms with van der Waals surface area (Å²) in [4.78, 5) is 11.9. The Balaban J connectivity index is 1.76. The van der Waals surface area contributed by atoms with Crippen molar-refractivity contribution in [3.05, 3.63) is 29.8 Å². The molecule has 0 radical (unpaired) electrons. The Labute approximate surface area is 144 Å². The van der Waals surface area contributed by atoms with E-state index >= 15 is 0 Å². The number of sulfonamides is 1. The number of carbonyl (C=O) groups excluding carboxylic acids is 1. The van der Waals surface area contributed by atoms with Gasteiger partial charge in [0.25, 0.3) is 0 Å². The maximum atomic E-state index is 12.3. The number of methoxy groups -OCH3 is 1. The zero-order chi connectivity index (χ0) is 17.4. The third kappa shape index (κ3) is 5.79. The van der Waals surface area contributed by atoms with Crippen molar-refractivity contribution in [2.24, 2.45) is 0 Å². The first-order chi connectivity index (χ1) is 11.5. The molecule has 1 fully saturated rings. The molecule has 0 atom stereocenters. The van der Waals surface area contributed by atoms with E-state index in [9.17, 15) is 13.2 Å². The van der Waals surface area contributed by atoms with Crippen molar-refractivity contribution in [3.8, 4) is 5.75 Å². The second-order valence-corrected chi connectivity index (χ2v) is 8.09. The number of nitrogens with zero attached hydrogens (tertiary/aromatic N) is 1. The number of amides is 1. The highest BCUT2D eigenvalue weighted by molar-refractivity contribution is 7.89. The quantitative estimate of drug-likeness (QED) is 0.806. The number of rotatable bonds is 7. The number of benzene rings is 1. The Kier molecular flexibility index (Phi) is 7.05. The maximum Gasteiger partial charge on any atom is 0.224 e. The van der Waals surface area contributed by atoms with Crippen LogP contribution in [0.3, 0.4) is 0 Å². The molecule has 0 saturated carbocycles. The summed E-state index contributed by atoms with van der Waals surface area (Å²) in [7, 11) is -1.69. The van der Waals surface area contributed by atoms with E-state index in [-0.39, 0.29) is 24.6 Å². The third-order valence-electron chi connectivity index (χ3n) is 4.16. The molecule has 1 aromatic rings.